The van der Waals surface area contributed by atoms with Gasteiger partial charge in [0.05, 0.1) is 43.4 Å². The molecule has 188 valence electrons. The first kappa shape index (κ1) is 26.4. The summed E-state index contributed by atoms with van der Waals surface area (Å²) in [6.07, 6.45) is 0.0372. The van der Waals surface area contributed by atoms with Crippen LogP contribution in [0.25, 0.3) is 0 Å². The van der Waals surface area contributed by atoms with Crippen molar-refractivity contribution in [3.8, 4) is 0 Å². The number of ether oxygens (including phenoxy) is 3. The van der Waals surface area contributed by atoms with Crippen molar-refractivity contribution in [1.29, 1.82) is 0 Å². The molecule has 3 atom stereocenters. The van der Waals surface area contributed by atoms with Crippen molar-refractivity contribution in [2.75, 3.05) is 19.8 Å². The molecule has 1 aliphatic heterocycles. The molecule has 0 fully saturated rings. The molecule has 2 aromatic rings. The molecule has 0 amide bonds. The highest BCUT2D eigenvalue weighted by Gasteiger charge is 2.54. The lowest BCUT2D eigenvalue weighted by atomic mass is 9.67. The van der Waals surface area contributed by atoms with E-state index in [4.69, 9.17) is 19.2 Å². The van der Waals surface area contributed by atoms with E-state index >= 15 is 0 Å². The summed E-state index contributed by atoms with van der Waals surface area (Å²) in [5, 5.41) is 5.79. The highest BCUT2D eigenvalue weighted by atomic mass is 32.1. The van der Waals surface area contributed by atoms with E-state index in [-0.39, 0.29) is 25.6 Å². The summed E-state index contributed by atoms with van der Waals surface area (Å²) >= 11 is 1.35. The van der Waals surface area contributed by atoms with Crippen LogP contribution >= 0.6 is 11.3 Å². The first-order valence-corrected chi connectivity index (χ1v) is 12.6. The van der Waals surface area contributed by atoms with Gasteiger partial charge in [0, 0.05) is 17.0 Å². The summed E-state index contributed by atoms with van der Waals surface area (Å²) in [6.45, 7) is 9.61. The summed E-state index contributed by atoms with van der Waals surface area (Å²) in [5.41, 5.74) is 1.33. The van der Waals surface area contributed by atoms with Gasteiger partial charge in [-0.25, -0.2) is 9.78 Å². The quantitative estimate of drug-likeness (QED) is 0.409. The molecular weight excluding hydrogens is 468 g/mol. The van der Waals surface area contributed by atoms with Crippen LogP contribution in [0, 0.1) is 5.92 Å². The van der Waals surface area contributed by atoms with Gasteiger partial charge in [-0.05, 0) is 40.2 Å². The number of benzene rings is 1. The van der Waals surface area contributed by atoms with Crippen LogP contribution < -0.4 is 5.32 Å². The first-order chi connectivity index (χ1) is 16.8. The molecule has 1 N–H and O–H groups in total. The number of carbonyl (C=O) groups is 3. The molecule has 0 radical (unpaired) electrons. The Kier molecular flexibility index (Phi) is 8.67. The third kappa shape index (κ3) is 5.56. The first-order valence-electron chi connectivity index (χ1n) is 11.7. The highest BCUT2D eigenvalue weighted by molar-refractivity contribution is 7.09. The molecule has 0 bridgehead atoms. The van der Waals surface area contributed by atoms with Gasteiger partial charge in [0.2, 0.25) is 0 Å². The number of hydrogen-bond acceptors (Lipinski definition) is 9. The Morgan fingerprint density at radius 1 is 1.03 bits per heavy atom. The summed E-state index contributed by atoms with van der Waals surface area (Å²) in [7, 11) is 0. The predicted octanol–water partition coefficient (Wildman–Crippen LogP) is 3.87. The lowest BCUT2D eigenvalue weighted by molar-refractivity contribution is -0.153. The average Bonchev–Trinajstić information content (AvgIpc) is 3.28. The summed E-state index contributed by atoms with van der Waals surface area (Å²) in [6, 6.07) is 9.41. The number of carbonyl (C=O) groups excluding carboxylic acids is 3. The van der Waals surface area contributed by atoms with Gasteiger partial charge >= 0.3 is 17.9 Å². The topological polar surface area (TPSA) is 104 Å². The zero-order valence-corrected chi connectivity index (χ0v) is 21.6. The van der Waals surface area contributed by atoms with Gasteiger partial charge in [-0.2, -0.15) is 0 Å². The van der Waals surface area contributed by atoms with Crippen molar-refractivity contribution in [2.45, 2.75) is 52.5 Å². The Morgan fingerprint density at radius 2 is 1.69 bits per heavy atom. The minimum atomic E-state index is -1.01. The number of aromatic nitrogens is 1. The summed E-state index contributed by atoms with van der Waals surface area (Å²) in [5.74, 6) is -2.75. The fourth-order valence-electron chi connectivity index (χ4n) is 4.55. The third-order valence-electron chi connectivity index (χ3n) is 5.94. The van der Waals surface area contributed by atoms with Crippen molar-refractivity contribution in [3.05, 3.63) is 63.2 Å². The normalized spacial score (nSPS) is 21.7. The fourth-order valence-corrected chi connectivity index (χ4v) is 5.53. The van der Waals surface area contributed by atoms with Crippen molar-refractivity contribution >= 4 is 29.2 Å². The van der Waals surface area contributed by atoms with Crippen LogP contribution in [0.5, 0.6) is 0 Å². The Hall–Kier alpha value is -3.20. The minimum Gasteiger partial charge on any atom is -0.466 e. The van der Waals surface area contributed by atoms with Gasteiger partial charge < -0.3 is 19.5 Å². The second-order valence-electron chi connectivity index (χ2n) is 8.33. The van der Waals surface area contributed by atoms with Gasteiger partial charge in [-0.3, -0.25) is 9.59 Å². The van der Waals surface area contributed by atoms with Crippen molar-refractivity contribution in [3.63, 3.8) is 0 Å². The zero-order chi connectivity index (χ0) is 25.6. The van der Waals surface area contributed by atoms with E-state index < -0.39 is 29.3 Å². The van der Waals surface area contributed by atoms with Crippen LogP contribution in [0.3, 0.4) is 0 Å². The number of thiazole rings is 1. The summed E-state index contributed by atoms with van der Waals surface area (Å²) < 4.78 is 16.0. The van der Waals surface area contributed by atoms with Crippen LogP contribution in [0.1, 0.15) is 56.8 Å². The number of nitrogens with one attached hydrogen (secondary N) is 1. The lowest BCUT2D eigenvalue weighted by Gasteiger charge is -2.45. The Morgan fingerprint density at radius 3 is 2.31 bits per heavy atom. The zero-order valence-electron chi connectivity index (χ0n) is 20.8. The second kappa shape index (κ2) is 11.5. The minimum absolute atomic E-state index is 0.0372. The molecular formula is C26H32N2O6S. The largest absolute Gasteiger partial charge is 0.466 e. The molecule has 3 unspecified atom stereocenters. The molecule has 35 heavy (non-hydrogen) atoms. The van der Waals surface area contributed by atoms with E-state index in [9.17, 15) is 14.4 Å². The monoisotopic (exact) mass is 500 g/mol. The second-order valence-corrected chi connectivity index (χ2v) is 9.19. The molecule has 0 saturated carbocycles. The molecule has 3 rings (SSSR count). The Balaban J connectivity index is 2.17. The molecule has 1 aromatic heterocycles. The summed E-state index contributed by atoms with van der Waals surface area (Å²) in [4.78, 5) is 43.4. The van der Waals surface area contributed by atoms with E-state index in [1.807, 2.05) is 37.3 Å². The van der Waals surface area contributed by atoms with Crippen LogP contribution in [-0.2, 0) is 40.6 Å². The highest BCUT2D eigenvalue weighted by Crippen LogP contribution is 2.49. The van der Waals surface area contributed by atoms with Gasteiger partial charge in [0.1, 0.15) is 10.5 Å². The lowest BCUT2D eigenvalue weighted by Crippen LogP contribution is -2.55. The maximum Gasteiger partial charge on any atom is 0.336 e. The molecule has 8 nitrogen and oxygen atoms in total. The van der Waals surface area contributed by atoms with Crippen molar-refractivity contribution < 1.29 is 28.6 Å². The third-order valence-corrected chi connectivity index (χ3v) is 7.07. The molecule has 0 saturated heterocycles. The van der Waals surface area contributed by atoms with E-state index in [1.54, 1.807) is 33.1 Å². The van der Waals surface area contributed by atoms with Crippen LogP contribution in [-0.4, -0.2) is 42.7 Å². The predicted molar refractivity (Wildman–Crippen MR) is 132 cm³/mol. The molecule has 1 aromatic carbocycles. The molecule has 0 spiro atoms. The number of nitrogens with zero attached hydrogens (tertiary/aromatic N) is 1. The number of allylic oxidation sites excluding steroid dienone is 1. The number of esters is 3. The Labute approximate surface area is 209 Å². The van der Waals surface area contributed by atoms with Crippen molar-refractivity contribution in [1.82, 2.24) is 10.3 Å². The standard InChI is InChI=1S/C26H32N2O6S/c1-6-32-19(29)14-18-15-35-25(27-18)26(5)22(24(31)34-8-3)21(17-12-10-9-11-13-17)20(16(4)28-26)23(30)33-7-2/h9-13,15,21-22,28H,6-8,14H2,1-5H3. The van der Waals surface area contributed by atoms with Gasteiger partial charge in [0.25, 0.3) is 0 Å². The number of hydrogen-bond donors (Lipinski definition) is 1. The van der Waals surface area contributed by atoms with Gasteiger partial charge in [0.15, 0.2) is 0 Å². The maximum absolute atomic E-state index is 13.5. The average molecular weight is 501 g/mol. The molecule has 9 heteroatoms. The smallest absolute Gasteiger partial charge is 0.336 e. The molecule has 0 aliphatic carbocycles. The fraction of sp³-hybridized carbons (Fsp3) is 0.462. The van der Waals surface area contributed by atoms with Crippen LogP contribution in [0.2, 0.25) is 0 Å². The van der Waals surface area contributed by atoms with Crippen molar-refractivity contribution in [2.24, 2.45) is 5.92 Å². The van der Waals surface area contributed by atoms with E-state index in [0.29, 0.717) is 28.6 Å². The molecule has 2 heterocycles. The SMILES string of the molecule is CCOC(=O)Cc1csc(C2(C)NC(C)=C(C(=O)OCC)C(c3ccccc3)C2C(=O)OCC)n1. The van der Waals surface area contributed by atoms with Gasteiger partial charge in [-0.15, -0.1) is 11.3 Å². The van der Waals surface area contributed by atoms with Gasteiger partial charge in [-0.1, -0.05) is 30.3 Å². The Bertz CT molecular complexity index is 1100. The van der Waals surface area contributed by atoms with E-state index in [2.05, 4.69) is 5.32 Å². The van der Waals surface area contributed by atoms with E-state index in [0.717, 1.165) is 5.56 Å². The van der Waals surface area contributed by atoms with Crippen LogP contribution in [0.4, 0.5) is 0 Å². The molecule has 1 aliphatic rings. The maximum atomic E-state index is 13.5. The van der Waals surface area contributed by atoms with Crippen LogP contribution in [0.15, 0.2) is 47.0 Å². The number of rotatable bonds is 9. The van der Waals surface area contributed by atoms with E-state index in [1.165, 1.54) is 11.3 Å².